The molecule has 4 heteroatoms. The van der Waals surface area contributed by atoms with E-state index in [-0.39, 0.29) is 11.8 Å². The van der Waals surface area contributed by atoms with Gasteiger partial charge in [-0.3, -0.25) is 9.59 Å². The standard InChI is InChI=1S/C8H14N2O2/c9-7(11)2-1-3-8(12)10-6-4-5-6/h6H,1-5H2,(H2,9,11)(H,10,12). The molecule has 0 radical (unpaired) electrons. The minimum atomic E-state index is -0.339. The van der Waals surface area contributed by atoms with Crippen LogP contribution in [-0.2, 0) is 9.59 Å². The molecule has 0 heterocycles. The van der Waals surface area contributed by atoms with Crippen molar-refractivity contribution in [1.82, 2.24) is 5.32 Å². The van der Waals surface area contributed by atoms with Gasteiger partial charge in [-0.15, -0.1) is 0 Å². The van der Waals surface area contributed by atoms with E-state index in [2.05, 4.69) is 5.32 Å². The Morgan fingerprint density at radius 2 is 2.00 bits per heavy atom. The molecule has 0 spiro atoms. The highest BCUT2D eigenvalue weighted by Crippen LogP contribution is 2.18. The summed E-state index contributed by atoms with van der Waals surface area (Å²) in [4.78, 5) is 21.3. The molecule has 0 aliphatic heterocycles. The van der Waals surface area contributed by atoms with E-state index >= 15 is 0 Å². The number of carbonyl (C=O) groups excluding carboxylic acids is 2. The van der Waals surface area contributed by atoms with Gasteiger partial charge in [0.25, 0.3) is 0 Å². The topological polar surface area (TPSA) is 72.2 Å². The number of hydrogen-bond donors (Lipinski definition) is 2. The molecule has 1 rings (SSSR count). The lowest BCUT2D eigenvalue weighted by molar-refractivity contribution is -0.121. The Balaban J connectivity index is 1.97. The summed E-state index contributed by atoms with van der Waals surface area (Å²) in [6.07, 6.45) is 3.48. The fourth-order valence-corrected chi connectivity index (χ4v) is 0.951. The van der Waals surface area contributed by atoms with Crippen LogP contribution in [0.3, 0.4) is 0 Å². The molecule has 0 unspecified atom stereocenters. The highest BCUT2D eigenvalue weighted by molar-refractivity contribution is 5.78. The molecule has 0 aromatic carbocycles. The Morgan fingerprint density at radius 3 is 2.50 bits per heavy atom. The van der Waals surface area contributed by atoms with Gasteiger partial charge in [0, 0.05) is 18.9 Å². The van der Waals surface area contributed by atoms with Crippen molar-refractivity contribution in [2.24, 2.45) is 5.73 Å². The van der Waals surface area contributed by atoms with Crippen molar-refractivity contribution in [2.45, 2.75) is 38.1 Å². The lowest BCUT2D eigenvalue weighted by atomic mass is 10.2. The molecule has 1 aliphatic rings. The maximum absolute atomic E-state index is 11.0. The van der Waals surface area contributed by atoms with Crippen LogP contribution in [0.15, 0.2) is 0 Å². The molecular weight excluding hydrogens is 156 g/mol. The Morgan fingerprint density at radius 1 is 1.33 bits per heavy atom. The molecule has 0 aromatic rings. The van der Waals surface area contributed by atoms with Gasteiger partial charge in [0.05, 0.1) is 0 Å². The molecule has 68 valence electrons. The van der Waals surface area contributed by atoms with Crippen LogP contribution in [0, 0.1) is 0 Å². The van der Waals surface area contributed by atoms with Gasteiger partial charge in [0.2, 0.25) is 11.8 Å². The molecule has 0 atom stereocenters. The van der Waals surface area contributed by atoms with Crippen molar-refractivity contribution in [3.63, 3.8) is 0 Å². The minimum Gasteiger partial charge on any atom is -0.370 e. The van der Waals surface area contributed by atoms with Crippen molar-refractivity contribution < 1.29 is 9.59 Å². The average Bonchev–Trinajstić information content (AvgIpc) is 2.70. The van der Waals surface area contributed by atoms with Crippen LogP contribution in [0.1, 0.15) is 32.1 Å². The summed E-state index contributed by atoms with van der Waals surface area (Å²) in [7, 11) is 0. The van der Waals surface area contributed by atoms with E-state index in [1.54, 1.807) is 0 Å². The maximum Gasteiger partial charge on any atom is 0.220 e. The molecule has 1 saturated carbocycles. The molecule has 0 aromatic heterocycles. The number of nitrogens with one attached hydrogen (secondary N) is 1. The Kier molecular flexibility index (Phi) is 3.08. The highest BCUT2D eigenvalue weighted by atomic mass is 16.2. The molecule has 12 heavy (non-hydrogen) atoms. The van der Waals surface area contributed by atoms with Crippen LogP contribution in [-0.4, -0.2) is 17.9 Å². The molecule has 1 fully saturated rings. The predicted octanol–water partition coefficient (Wildman–Crippen LogP) is -0.0794. The first-order valence-electron chi connectivity index (χ1n) is 4.26. The minimum absolute atomic E-state index is 0.0405. The first kappa shape index (κ1) is 9.03. The zero-order valence-corrected chi connectivity index (χ0v) is 7.01. The smallest absolute Gasteiger partial charge is 0.220 e. The van der Waals surface area contributed by atoms with Crippen molar-refractivity contribution in [3.05, 3.63) is 0 Å². The summed E-state index contributed by atoms with van der Waals surface area (Å²) >= 11 is 0. The first-order valence-corrected chi connectivity index (χ1v) is 4.26. The lowest BCUT2D eigenvalue weighted by Crippen LogP contribution is -2.25. The third-order valence-electron chi connectivity index (χ3n) is 1.77. The van der Waals surface area contributed by atoms with Crippen LogP contribution in [0.5, 0.6) is 0 Å². The number of rotatable bonds is 5. The van der Waals surface area contributed by atoms with Gasteiger partial charge >= 0.3 is 0 Å². The number of amides is 2. The molecule has 0 saturated heterocycles. The Labute approximate surface area is 71.5 Å². The second-order valence-electron chi connectivity index (χ2n) is 3.16. The summed E-state index contributed by atoms with van der Waals surface area (Å²) in [6.45, 7) is 0. The quantitative estimate of drug-likeness (QED) is 0.605. The van der Waals surface area contributed by atoms with E-state index < -0.39 is 0 Å². The number of primary amides is 1. The fraction of sp³-hybridized carbons (Fsp3) is 0.750. The Hall–Kier alpha value is -1.06. The van der Waals surface area contributed by atoms with Crippen molar-refractivity contribution in [2.75, 3.05) is 0 Å². The van der Waals surface area contributed by atoms with Gasteiger partial charge in [0.15, 0.2) is 0 Å². The zero-order chi connectivity index (χ0) is 8.97. The monoisotopic (exact) mass is 170 g/mol. The third kappa shape index (κ3) is 3.95. The Bertz CT molecular complexity index is 187. The SMILES string of the molecule is NC(=O)CCCC(=O)NC1CC1. The van der Waals surface area contributed by atoms with E-state index in [0.717, 1.165) is 12.8 Å². The van der Waals surface area contributed by atoms with Gasteiger partial charge in [-0.05, 0) is 19.3 Å². The third-order valence-corrected chi connectivity index (χ3v) is 1.77. The molecule has 4 nitrogen and oxygen atoms in total. The summed E-state index contributed by atoms with van der Waals surface area (Å²) < 4.78 is 0. The van der Waals surface area contributed by atoms with Crippen molar-refractivity contribution >= 4 is 11.8 Å². The fourth-order valence-electron chi connectivity index (χ4n) is 0.951. The molecule has 0 bridgehead atoms. The van der Waals surface area contributed by atoms with Gasteiger partial charge in [-0.1, -0.05) is 0 Å². The maximum atomic E-state index is 11.0. The zero-order valence-electron chi connectivity index (χ0n) is 7.01. The highest BCUT2D eigenvalue weighted by Gasteiger charge is 2.22. The molecule has 3 N–H and O–H groups in total. The summed E-state index contributed by atoms with van der Waals surface area (Å²) in [5.41, 5.74) is 4.92. The van der Waals surface area contributed by atoms with E-state index in [1.807, 2.05) is 0 Å². The van der Waals surface area contributed by atoms with Crippen LogP contribution < -0.4 is 11.1 Å². The van der Waals surface area contributed by atoms with Crippen LogP contribution in [0.2, 0.25) is 0 Å². The predicted molar refractivity (Wildman–Crippen MR) is 44.2 cm³/mol. The van der Waals surface area contributed by atoms with E-state index in [9.17, 15) is 9.59 Å². The van der Waals surface area contributed by atoms with Crippen molar-refractivity contribution in [3.8, 4) is 0 Å². The molecular formula is C8H14N2O2. The van der Waals surface area contributed by atoms with Gasteiger partial charge in [0.1, 0.15) is 0 Å². The van der Waals surface area contributed by atoms with Gasteiger partial charge in [-0.2, -0.15) is 0 Å². The van der Waals surface area contributed by atoms with E-state index in [4.69, 9.17) is 5.73 Å². The average molecular weight is 170 g/mol. The van der Waals surface area contributed by atoms with Crippen molar-refractivity contribution in [1.29, 1.82) is 0 Å². The molecule has 2 amide bonds. The van der Waals surface area contributed by atoms with E-state index in [1.165, 1.54) is 0 Å². The van der Waals surface area contributed by atoms with Crippen LogP contribution in [0.25, 0.3) is 0 Å². The second-order valence-corrected chi connectivity index (χ2v) is 3.16. The number of nitrogens with two attached hydrogens (primary N) is 1. The van der Waals surface area contributed by atoms with E-state index in [0.29, 0.717) is 25.3 Å². The largest absolute Gasteiger partial charge is 0.370 e. The molecule has 1 aliphatic carbocycles. The summed E-state index contributed by atoms with van der Waals surface area (Å²) in [5, 5.41) is 2.84. The normalized spacial score (nSPS) is 15.7. The van der Waals surface area contributed by atoms with Crippen LogP contribution in [0.4, 0.5) is 0 Å². The lowest BCUT2D eigenvalue weighted by Gasteiger charge is -2.00. The summed E-state index contributed by atoms with van der Waals surface area (Å²) in [5.74, 6) is -0.298. The number of carbonyl (C=O) groups is 2. The van der Waals surface area contributed by atoms with Gasteiger partial charge < -0.3 is 11.1 Å². The second kappa shape index (κ2) is 4.09. The van der Waals surface area contributed by atoms with Gasteiger partial charge in [-0.25, -0.2) is 0 Å². The first-order chi connectivity index (χ1) is 5.68. The number of hydrogen-bond acceptors (Lipinski definition) is 2. The summed E-state index contributed by atoms with van der Waals surface area (Å²) in [6, 6.07) is 0.408. The van der Waals surface area contributed by atoms with Crippen LogP contribution >= 0.6 is 0 Å².